The molecule has 0 amide bonds. The van der Waals surface area contributed by atoms with E-state index in [4.69, 9.17) is 4.74 Å². The van der Waals surface area contributed by atoms with Gasteiger partial charge in [0.1, 0.15) is 0 Å². The van der Waals surface area contributed by atoms with Gasteiger partial charge in [0.25, 0.3) is 0 Å². The van der Waals surface area contributed by atoms with Gasteiger partial charge < -0.3 is 15.0 Å². The molecule has 2 atom stereocenters. The first kappa shape index (κ1) is 20.0. The molecule has 0 aromatic carbocycles. The van der Waals surface area contributed by atoms with E-state index in [-0.39, 0.29) is 0 Å². The Hall–Kier alpha value is -0.760. The van der Waals surface area contributed by atoms with Crippen molar-refractivity contribution in [3.63, 3.8) is 0 Å². The predicted molar refractivity (Wildman–Crippen MR) is 113 cm³/mol. The molecule has 0 bridgehead atoms. The minimum atomic E-state index is 0.385. The van der Waals surface area contributed by atoms with Gasteiger partial charge in [0, 0.05) is 55.7 Å². The molecular formula is C19H32N4OS2. The minimum Gasteiger partial charge on any atom is -0.379 e. The van der Waals surface area contributed by atoms with Gasteiger partial charge in [-0.1, -0.05) is 19.9 Å². The zero-order valence-electron chi connectivity index (χ0n) is 16.2. The summed E-state index contributed by atoms with van der Waals surface area (Å²) in [7, 11) is 1.91. The van der Waals surface area contributed by atoms with Crippen LogP contribution in [0.25, 0.3) is 0 Å². The van der Waals surface area contributed by atoms with Crippen molar-refractivity contribution >= 4 is 29.1 Å². The second kappa shape index (κ2) is 9.97. The van der Waals surface area contributed by atoms with Gasteiger partial charge in [-0.05, 0) is 17.4 Å². The van der Waals surface area contributed by atoms with Gasteiger partial charge in [-0.15, -0.1) is 11.3 Å². The third-order valence-corrected chi connectivity index (χ3v) is 7.67. The van der Waals surface area contributed by atoms with Gasteiger partial charge in [0.2, 0.25) is 0 Å². The first-order valence-electron chi connectivity index (χ1n) is 9.61. The van der Waals surface area contributed by atoms with E-state index in [2.05, 4.69) is 63.2 Å². The molecule has 7 heteroatoms. The van der Waals surface area contributed by atoms with Crippen molar-refractivity contribution in [2.24, 2.45) is 10.9 Å². The first-order valence-corrected chi connectivity index (χ1v) is 11.5. The molecule has 3 heterocycles. The number of guanidine groups is 1. The fourth-order valence-corrected chi connectivity index (χ4v) is 5.73. The van der Waals surface area contributed by atoms with Crippen molar-refractivity contribution in [3.8, 4) is 0 Å². The summed E-state index contributed by atoms with van der Waals surface area (Å²) in [4.78, 5) is 11.0. The molecule has 146 valence electrons. The van der Waals surface area contributed by atoms with Crippen LogP contribution in [0.4, 0.5) is 0 Å². The van der Waals surface area contributed by atoms with Crippen LogP contribution in [-0.4, -0.2) is 79.7 Å². The van der Waals surface area contributed by atoms with E-state index >= 15 is 0 Å². The molecule has 2 unspecified atom stereocenters. The fourth-order valence-electron chi connectivity index (χ4n) is 3.57. The summed E-state index contributed by atoms with van der Waals surface area (Å²) in [6.07, 6.45) is 0. The molecule has 0 radical (unpaired) electrons. The summed E-state index contributed by atoms with van der Waals surface area (Å²) in [5.74, 6) is 2.93. The van der Waals surface area contributed by atoms with E-state index in [9.17, 15) is 0 Å². The van der Waals surface area contributed by atoms with Crippen LogP contribution < -0.4 is 5.32 Å². The number of aliphatic imine (C=N–C) groups is 1. The highest BCUT2D eigenvalue weighted by Crippen LogP contribution is 2.27. The number of thiophene rings is 1. The van der Waals surface area contributed by atoms with E-state index in [1.54, 1.807) is 0 Å². The van der Waals surface area contributed by atoms with Crippen molar-refractivity contribution in [2.75, 3.05) is 58.7 Å². The molecule has 1 N–H and O–H groups in total. The van der Waals surface area contributed by atoms with Gasteiger partial charge in [0.15, 0.2) is 5.96 Å². The maximum Gasteiger partial charge on any atom is 0.193 e. The Balaban J connectivity index is 1.63. The number of thioether (sulfide) groups is 1. The Bertz CT molecular complexity index is 558. The van der Waals surface area contributed by atoms with Crippen LogP contribution in [0.1, 0.15) is 24.8 Å². The zero-order chi connectivity index (χ0) is 18.4. The maximum atomic E-state index is 5.55. The van der Waals surface area contributed by atoms with Crippen molar-refractivity contribution in [1.29, 1.82) is 0 Å². The van der Waals surface area contributed by atoms with Crippen molar-refractivity contribution in [3.05, 3.63) is 22.4 Å². The van der Waals surface area contributed by atoms with Gasteiger partial charge >= 0.3 is 0 Å². The van der Waals surface area contributed by atoms with E-state index in [0.29, 0.717) is 17.2 Å². The normalized spacial score (nSPS) is 24.1. The number of hydrogen-bond acceptors (Lipinski definition) is 5. The second-order valence-corrected chi connectivity index (χ2v) is 9.53. The Morgan fingerprint density at radius 2 is 2.15 bits per heavy atom. The molecule has 0 spiro atoms. The first-order chi connectivity index (χ1) is 12.7. The lowest BCUT2D eigenvalue weighted by molar-refractivity contribution is 0.0176. The molecule has 1 aromatic heterocycles. The third-order valence-electron chi connectivity index (χ3n) is 5.16. The minimum absolute atomic E-state index is 0.385. The highest BCUT2D eigenvalue weighted by Gasteiger charge is 2.27. The van der Waals surface area contributed by atoms with Crippen LogP contribution in [0.5, 0.6) is 0 Å². The highest BCUT2D eigenvalue weighted by molar-refractivity contribution is 8.00. The second-order valence-electron chi connectivity index (χ2n) is 7.21. The molecule has 2 fully saturated rings. The van der Waals surface area contributed by atoms with Crippen molar-refractivity contribution in [1.82, 2.24) is 15.1 Å². The molecule has 2 aliphatic heterocycles. The molecule has 2 aliphatic rings. The molecule has 2 saturated heterocycles. The summed E-state index contributed by atoms with van der Waals surface area (Å²) in [5, 5.41) is 6.54. The van der Waals surface area contributed by atoms with E-state index in [1.807, 2.05) is 18.4 Å². The monoisotopic (exact) mass is 396 g/mol. The lowest BCUT2D eigenvalue weighted by Crippen LogP contribution is -2.51. The van der Waals surface area contributed by atoms with Crippen molar-refractivity contribution < 1.29 is 4.74 Å². The van der Waals surface area contributed by atoms with Crippen LogP contribution in [0.3, 0.4) is 0 Å². The largest absolute Gasteiger partial charge is 0.379 e. The molecule has 0 saturated carbocycles. The molecule has 5 nitrogen and oxygen atoms in total. The standard InChI is InChI=1S/C19H32N4OS2/c1-15(2)18-14-23(8-12-26-18)19(20-3)21-13-16(17-5-4-11-25-17)22-6-9-24-10-7-22/h4-5,11,15-16,18H,6-10,12-14H2,1-3H3,(H,20,21). The summed E-state index contributed by atoms with van der Waals surface area (Å²) in [6, 6.07) is 4.79. The SMILES string of the molecule is CN=C(NCC(c1cccs1)N1CCOCC1)N1CCSC(C(C)C)C1. The molecular weight excluding hydrogens is 364 g/mol. The van der Waals surface area contributed by atoms with Crippen LogP contribution >= 0.6 is 23.1 Å². The van der Waals surface area contributed by atoms with E-state index in [0.717, 1.165) is 51.9 Å². The number of rotatable bonds is 5. The summed E-state index contributed by atoms with van der Waals surface area (Å²) in [5.41, 5.74) is 0. The van der Waals surface area contributed by atoms with Gasteiger partial charge in [-0.2, -0.15) is 11.8 Å². The average molecular weight is 397 g/mol. The topological polar surface area (TPSA) is 40.1 Å². The lowest BCUT2D eigenvalue weighted by atomic mass is 10.1. The Morgan fingerprint density at radius 1 is 1.35 bits per heavy atom. The molecule has 1 aromatic rings. The van der Waals surface area contributed by atoms with Crippen LogP contribution in [0, 0.1) is 5.92 Å². The smallest absolute Gasteiger partial charge is 0.193 e. The van der Waals surface area contributed by atoms with Crippen molar-refractivity contribution in [2.45, 2.75) is 25.1 Å². The van der Waals surface area contributed by atoms with Gasteiger partial charge in [0.05, 0.1) is 19.3 Å². The maximum absolute atomic E-state index is 5.55. The Morgan fingerprint density at radius 3 is 2.81 bits per heavy atom. The number of hydrogen-bond donors (Lipinski definition) is 1. The third kappa shape index (κ3) is 5.15. The van der Waals surface area contributed by atoms with Crippen LogP contribution in [-0.2, 0) is 4.74 Å². The number of morpholine rings is 1. The Kier molecular flexibility index (Phi) is 7.66. The average Bonchev–Trinajstić information content (AvgIpc) is 3.20. The summed E-state index contributed by atoms with van der Waals surface area (Å²) >= 11 is 3.95. The van der Waals surface area contributed by atoms with Crippen LogP contribution in [0.2, 0.25) is 0 Å². The molecule has 26 heavy (non-hydrogen) atoms. The summed E-state index contributed by atoms with van der Waals surface area (Å²) in [6.45, 7) is 11.4. The van der Waals surface area contributed by atoms with E-state index < -0.39 is 0 Å². The fraction of sp³-hybridized carbons (Fsp3) is 0.737. The van der Waals surface area contributed by atoms with Crippen LogP contribution in [0.15, 0.2) is 22.5 Å². The number of nitrogens with one attached hydrogen (secondary N) is 1. The number of nitrogens with zero attached hydrogens (tertiary/aromatic N) is 3. The predicted octanol–water partition coefficient (Wildman–Crippen LogP) is 2.77. The van der Waals surface area contributed by atoms with Gasteiger partial charge in [-0.25, -0.2) is 0 Å². The Labute approximate surface area is 166 Å². The molecule has 3 rings (SSSR count). The van der Waals surface area contributed by atoms with Gasteiger partial charge in [-0.3, -0.25) is 9.89 Å². The quantitative estimate of drug-likeness (QED) is 0.612. The zero-order valence-corrected chi connectivity index (χ0v) is 17.8. The lowest BCUT2D eigenvalue weighted by Gasteiger charge is -2.38. The highest BCUT2D eigenvalue weighted by atomic mass is 32.2. The summed E-state index contributed by atoms with van der Waals surface area (Å²) < 4.78 is 5.55. The molecule has 0 aliphatic carbocycles. The number of ether oxygens (including phenoxy) is 1. The van der Waals surface area contributed by atoms with E-state index in [1.165, 1.54) is 10.6 Å².